The summed E-state index contributed by atoms with van der Waals surface area (Å²) in [5.74, 6) is -0.410. The van der Waals surface area contributed by atoms with E-state index >= 15 is 0 Å². The standard InChI is InChI=1S/C13H11FN2O4/c1-19-11-6-9(5-10(7-11)16(17)18)8-20-12-3-2-4-15-13(12)14/h2-7H,8H2,1H3. The largest absolute Gasteiger partial charge is 0.496 e. The Kier molecular flexibility index (Phi) is 4.09. The molecule has 0 radical (unpaired) electrons. The topological polar surface area (TPSA) is 74.5 Å². The molecule has 2 rings (SSSR count). The van der Waals surface area contributed by atoms with Crippen molar-refractivity contribution in [2.24, 2.45) is 0 Å². The maximum Gasteiger partial charge on any atom is 0.273 e. The number of pyridine rings is 1. The second-order valence-electron chi connectivity index (χ2n) is 3.88. The maximum atomic E-state index is 13.3. The molecular formula is C13H11FN2O4. The van der Waals surface area contributed by atoms with E-state index in [1.54, 1.807) is 6.07 Å². The lowest BCUT2D eigenvalue weighted by molar-refractivity contribution is -0.385. The van der Waals surface area contributed by atoms with Crippen LogP contribution >= 0.6 is 0 Å². The van der Waals surface area contributed by atoms with Gasteiger partial charge in [-0.25, -0.2) is 4.98 Å². The van der Waals surface area contributed by atoms with Crippen molar-refractivity contribution in [3.8, 4) is 11.5 Å². The van der Waals surface area contributed by atoms with Crippen molar-refractivity contribution in [2.75, 3.05) is 7.11 Å². The molecule has 0 aliphatic heterocycles. The first-order valence-corrected chi connectivity index (χ1v) is 5.66. The molecule has 0 saturated carbocycles. The van der Waals surface area contributed by atoms with Crippen molar-refractivity contribution in [2.45, 2.75) is 6.61 Å². The van der Waals surface area contributed by atoms with E-state index < -0.39 is 10.9 Å². The third kappa shape index (κ3) is 3.19. The molecule has 0 spiro atoms. The summed E-state index contributed by atoms with van der Waals surface area (Å²) < 4.78 is 23.5. The van der Waals surface area contributed by atoms with Gasteiger partial charge < -0.3 is 9.47 Å². The number of aromatic nitrogens is 1. The number of benzene rings is 1. The molecular weight excluding hydrogens is 267 g/mol. The zero-order valence-electron chi connectivity index (χ0n) is 10.6. The number of nitro benzene ring substituents is 1. The predicted molar refractivity (Wildman–Crippen MR) is 68.2 cm³/mol. The van der Waals surface area contributed by atoms with Crippen LogP contribution in [0.2, 0.25) is 0 Å². The number of ether oxygens (including phenoxy) is 2. The smallest absolute Gasteiger partial charge is 0.273 e. The lowest BCUT2D eigenvalue weighted by Crippen LogP contribution is -2.00. The number of hydrogen-bond donors (Lipinski definition) is 0. The highest BCUT2D eigenvalue weighted by Gasteiger charge is 2.11. The van der Waals surface area contributed by atoms with Gasteiger partial charge in [0.2, 0.25) is 0 Å². The average Bonchev–Trinajstić information content (AvgIpc) is 2.46. The molecule has 1 aromatic carbocycles. The van der Waals surface area contributed by atoms with Crippen LogP contribution in [0, 0.1) is 16.1 Å². The van der Waals surface area contributed by atoms with Crippen LogP contribution in [0.15, 0.2) is 36.5 Å². The van der Waals surface area contributed by atoms with Crippen LogP contribution in [-0.4, -0.2) is 17.0 Å². The molecule has 1 aromatic heterocycles. The fraction of sp³-hybridized carbons (Fsp3) is 0.154. The Hall–Kier alpha value is -2.70. The first-order chi connectivity index (χ1) is 9.60. The number of methoxy groups -OCH3 is 1. The summed E-state index contributed by atoms with van der Waals surface area (Å²) in [7, 11) is 1.41. The summed E-state index contributed by atoms with van der Waals surface area (Å²) in [5.41, 5.74) is 0.383. The first kappa shape index (κ1) is 13.7. The number of rotatable bonds is 5. The Morgan fingerprint density at radius 1 is 1.40 bits per heavy atom. The normalized spacial score (nSPS) is 10.1. The second-order valence-corrected chi connectivity index (χ2v) is 3.88. The zero-order chi connectivity index (χ0) is 14.5. The van der Waals surface area contributed by atoms with Crippen molar-refractivity contribution >= 4 is 5.69 Å². The Labute approximate surface area is 113 Å². The van der Waals surface area contributed by atoms with Crippen molar-refractivity contribution in [3.05, 3.63) is 58.2 Å². The number of halogens is 1. The van der Waals surface area contributed by atoms with Crippen LogP contribution in [-0.2, 0) is 6.61 Å². The first-order valence-electron chi connectivity index (χ1n) is 5.66. The molecule has 1 heterocycles. The molecule has 0 bridgehead atoms. The molecule has 0 aliphatic rings. The number of nitrogens with zero attached hydrogens (tertiary/aromatic N) is 2. The minimum absolute atomic E-state index is 0.0158. The van der Waals surface area contributed by atoms with Crippen molar-refractivity contribution in [1.82, 2.24) is 4.98 Å². The summed E-state index contributed by atoms with van der Waals surface area (Å²) in [5, 5.41) is 10.8. The molecule has 0 aliphatic carbocycles. The summed E-state index contributed by atoms with van der Waals surface area (Å²) in [4.78, 5) is 13.7. The predicted octanol–water partition coefficient (Wildman–Crippen LogP) is 2.72. The highest BCUT2D eigenvalue weighted by atomic mass is 19.1. The lowest BCUT2D eigenvalue weighted by atomic mass is 10.2. The number of nitro groups is 1. The van der Waals surface area contributed by atoms with Gasteiger partial charge in [-0.05, 0) is 23.8 Å². The summed E-state index contributed by atoms with van der Waals surface area (Å²) in [6.07, 6.45) is 1.30. The van der Waals surface area contributed by atoms with Gasteiger partial charge in [0.15, 0.2) is 5.75 Å². The third-order valence-electron chi connectivity index (χ3n) is 2.52. The molecule has 0 unspecified atom stereocenters. The van der Waals surface area contributed by atoms with Crippen LogP contribution in [0.3, 0.4) is 0 Å². The van der Waals surface area contributed by atoms with Gasteiger partial charge in [-0.3, -0.25) is 10.1 Å². The van der Waals surface area contributed by atoms with E-state index in [1.807, 2.05) is 0 Å². The second kappa shape index (κ2) is 5.96. The molecule has 0 atom stereocenters. The van der Waals surface area contributed by atoms with E-state index in [2.05, 4.69) is 4.98 Å². The van der Waals surface area contributed by atoms with Crippen LogP contribution in [0.25, 0.3) is 0 Å². The molecule has 0 saturated heterocycles. The van der Waals surface area contributed by atoms with Crippen LogP contribution in [0.5, 0.6) is 11.5 Å². The maximum absolute atomic E-state index is 13.3. The van der Waals surface area contributed by atoms with Gasteiger partial charge in [-0.2, -0.15) is 4.39 Å². The Balaban J connectivity index is 2.19. The van der Waals surface area contributed by atoms with Gasteiger partial charge in [-0.15, -0.1) is 0 Å². The lowest BCUT2D eigenvalue weighted by Gasteiger charge is -2.08. The van der Waals surface area contributed by atoms with Gasteiger partial charge >= 0.3 is 0 Å². The van der Waals surface area contributed by atoms with Gasteiger partial charge in [-0.1, -0.05) is 0 Å². The molecule has 20 heavy (non-hydrogen) atoms. The van der Waals surface area contributed by atoms with Gasteiger partial charge in [0, 0.05) is 12.3 Å². The zero-order valence-corrected chi connectivity index (χ0v) is 10.6. The van der Waals surface area contributed by atoms with Crippen molar-refractivity contribution in [3.63, 3.8) is 0 Å². The van der Waals surface area contributed by atoms with Crippen LogP contribution in [0.1, 0.15) is 5.56 Å². The molecule has 6 nitrogen and oxygen atoms in total. The Morgan fingerprint density at radius 3 is 2.85 bits per heavy atom. The Bertz CT molecular complexity index is 634. The SMILES string of the molecule is COc1cc(COc2cccnc2F)cc([N+](=O)[O-])c1. The van der Waals surface area contributed by atoms with E-state index in [0.717, 1.165) is 0 Å². The van der Waals surface area contributed by atoms with E-state index in [9.17, 15) is 14.5 Å². The summed E-state index contributed by atoms with van der Waals surface area (Å²) >= 11 is 0. The highest BCUT2D eigenvalue weighted by molar-refractivity contribution is 5.42. The average molecular weight is 278 g/mol. The van der Waals surface area contributed by atoms with E-state index in [1.165, 1.54) is 37.6 Å². The molecule has 7 heteroatoms. The fourth-order valence-corrected chi connectivity index (χ4v) is 1.59. The minimum Gasteiger partial charge on any atom is -0.496 e. The molecule has 0 fully saturated rings. The Morgan fingerprint density at radius 2 is 2.20 bits per heavy atom. The van der Waals surface area contributed by atoms with E-state index in [4.69, 9.17) is 9.47 Å². The van der Waals surface area contributed by atoms with Gasteiger partial charge in [0.1, 0.15) is 12.4 Å². The van der Waals surface area contributed by atoms with Gasteiger partial charge in [0.25, 0.3) is 11.6 Å². The fourth-order valence-electron chi connectivity index (χ4n) is 1.59. The van der Waals surface area contributed by atoms with Crippen LogP contribution < -0.4 is 9.47 Å². The monoisotopic (exact) mass is 278 g/mol. The van der Waals surface area contributed by atoms with E-state index in [-0.39, 0.29) is 18.0 Å². The quantitative estimate of drug-likeness (QED) is 0.477. The molecule has 0 N–H and O–H groups in total. The van der Waals surface area contributed by atoms with E-state index in [0.29, 0.717) is 11.3 Å². The molecule has 2 aromatic rings. The molecule has 104 valence electrons. The summed E-state index contributed by atoms with van der Waals surface area (Å²) in [6.45, 7) is -0.0271. The van der Waals surface area contributed by atoms with Crippen LogP contribution in [0.4, 0.5) is 10.1 Å². The van der Waals surface area contributed by atoms with Crippen molar-refractivity contribution in [1.29, 1.82) is 0 Å². The highest BCUT2D eigenvalue weighted by Crippen LogP contribution is 2.24. The number of non-ortho nitro benzene ring substituents is 1. The summed E-state index contributed by atoms with van der Waals surface area (Å²) in [6, 6.07) is 7.19. The van der Waals surface area contributed by atoms with Gasteiger partial charge in [0.05, 0.1) is 18.1 Å². The number of hydrogen-bond acceptors (Lipinski definition) is 5. The minimum atomic E-state index is -0.732. The third-order valence-corrected chi connectivity index (χ3v) is 2.52. The van der Waals surface area contributed by atoms with Crippen molar-refractivity contribution < 1.29 is 18.8 Å². The molecule has 0 amide bonds.